The Balaban J connectivity index is 1.36. The van der Waals surface area contributed by atoms with E-state index < -0.39 is 18.0 Å². The predicted molar refractivity (Wildman–Crippen MR) is 163 cm³/mol. The van der Waals surface area contributed by atoms with Gasteiger partial charge in [-0.15, -0.1) is 22.7 Å². The molecule has 0 fully saturated rings. The van der Waals surface area contributed by atoms with Gasteiger partial charge in [0.25, 0.3) is 5.91 Å². The van der Waals surface area contributed by atoms with Crippen molar-refractivity contribution in [1.82, 2.24) is 4.90 Å². The third-order valence-electron chi connectivity index (χ3n) is 6.61. The molecular formula is C30H33NO10S2. The molecule has 11 nitrogen and oxygen atoms in total. The first-order chi connectivity index (χ1) is 20.6. The van der Waals surface area contributed by atoms with Crippen molar-refractivity contribution in [3.8, 4) is 23.0 Å². The molecule has 2 aromatic heterocycles. The fraction of sp³-hybridized carbons (Fsp3) is 0.367. The van der Waals surface area contributed by atoms with E-state index in [1.54, 1.807) is 33.4 Å². The van der Waals surface area contributed by atoms with Crippen molar-refractivity contribution in [2.75, 3.05) is 41.0 Å². The molecule has 230 valence electrons. The van der Waals surface area contributed by atoms with E-state index in [-0.39, 0.29) is 31.7 Å². The monoisotopic (exact) mass is 631 g/mol. The van der Waals surface area contributed by atoms with Crippen molar-refractivity contribution >= 4 is 60.7 Å². The number of aliphatic hydroxyl groups is 1. The topological polar surface area (TPSA) is 152 Å². The summed E-state index contributed by atoms with van der Waals surface area (Å²) in [6, 6.07) is 10.9. The summed E-state index contributed by atoms with van der Waals surface area (Å²) in [5.41, 5.74) is 0. The highest BCUT2D eigenvalue weighted by molar-refractivity contribution is 7.20. The molecule has 3 N–H and O–H groups in total. The number of hydrogen-bond acceptors (Lipinski definition) is 10. The van der Waals surface area contributed by atoms with Crippen molar-refractivity contribution in [3.63, 3.8) is 0 Å². The Hall–Kier alpha value is -4.07. The number of carboxylic acids is 2. The third-order valence-corrected chi connectivity index (χ3v) is 8.89. The van der Waals surface area contributed by atoms with Crippen LogP contribution in [0.25, 0.3) is 20.2 Å². The summed E-state index contributed by atoms with van der Waals surface area (Å²) in [5, 5.41) is 29.8. The molecule has 0 radical (unpaired) electrons. The van der Waals surface area contributed by atoms with Crippen LogP contribution in [0.2, 0.25) is 0 Å². The van der Waals surface area contributed by atoms with E-state index in [0.29, 0.717) is 52.4 Å². The lowest BCUT2D eigenvalue weighted by molar-refractivity contribution is -0.138. The Morgan fingerprint density at radius 2 is 1.35 bits per heavy atom. The zero-order valence-corrected chi connectivity index (χ0v) is 25.6. The molecule has 0 saturated heterocycles. The molecule has 1 unspecified atom stereocenters. The number of aliphatic hydroxyl groups excluding tert-OH is 1. The van der Waals surface area contributed by atoms with Crippen molar-refractivity contribution in [2.24, 2.45) is 0 Å². The smallest absolute Gasteiger partial charge is 0.305 e. The normalized spacial score (nSPS) is 11.8. The minimum Gasteiger partial charge on any atom is -0.493 e. The summed E-state index contributed by atoms with van der Waals surface area (Å²) in [7, 11) is 4.67. The second-order valence-electron chi connectivity index (χ2n) is 9.71. The molecule has 0 aliphatic rings. The molecular weight excluding hydrogens is 598 g/mol. The Morgan fingerprint density at radius 3 is 1.91 bits per heavy atom. The zero-order valence-electron chi connectivity index (χ0n) is 24.0. The molecule has 2 aromatic carbocycles. The largest absolute Gasteiger partial charge is 0.493 e. The van der Waals surface area contributed by atoms with Crippen LogP contribution >= 0.6 is 22.7 Å². The maximum absolute atomic E-state index is 12.8. The molecule has 13 heteroatoms. The number of aliphatic carboxylic acids is 2. The molecule has 0 aliphatic carbocycles. The van der Waals surface area contributed by atoms with Crippen molar-refractivity contribution in [2.45, 2.75) is 31.8 Å². The average molecular weight is 632 g/mol. The maximum atomic E-state index is 12.8. The summed E-state index contributed by atoms with van der Waals surface area (Å²) in [6.07, 6.45) is -0.411. The van der Waals surface area contributed by atoms with Gasteiger partial charge in [0.1, 0.15) is 0 Å². The second-order valence-corrected chi connectivity index (χ2v) is 11.9. The molecule has 0 spiro atoms. The number of benzene rings is 2. The molecule has 1 amide bonds. The number of ether oxygens (including phenoxy) is 4. The summed E-state index contributed by atoms with van der Waals surface area (Å²) in [5.74, 6) is -0.0165. The number of nitrogens with zero attached hydrogens (tertiary/aromatic N) is 1. The summed E-state index contributed by atoms with van der Waals surface area (Å²) >= 11 is 2.68. The van der Waals surface area contributed by atoms with E-state index in [1.807, 2.05) is 24.3 Å². The van der Waals surface area contributed by atoms with Gasteiger partial charge in [-0.05, 0) is 41.5 Å². The van der Waals surface area contributed by atoms with Gasteiger partial charge in [-0.25, -0.2) is 0 Å². The maximum Gasteiger partial charge on any atom is 0.305 e. The molecule has 0 bridgehead atoms. The minimum absolute atomic E-state index is 0.114. The minimum atomic E-state index is -0.961. The lowest BCUT2D eigenvalue weighted by Gasteiger charge is -2.14. The molecule has 4 rings (SSSR count). The van der Waals surface area contributed by atoms with E-state index in [4.69, 9.17) is 29.2 Å². The molecule has 1 atom stereocenters. The Morgan fingerprint density at radius 1 is 0.791 bits per heavy atom. The predicted octanol–water partition coefficient (Wildman–Crippen LogP) is 5.43. The van der Waals surface area contributed by atoms with Gasteiger partial charge in [0, 0.05) is 52.8 Å². The Kier molecular flexibility index (Phi) is 10.7. The van der Waals surface area contributed by atoms with Gasteiger partial charge in [-0.2, -0.15) is 0 Å². The highest BCUT2D eigenvalue weighted by Gasteiger charge is 2.19. The summed E-state index contributed by atoms with van der Waals surface area (Å²) in [6.45, 7) is 0.792. The van der Waals surface area contributed by atoms with E-state index in [0.717, 1.165) is 20.2 Å². The summed E-state index contributed by atoms with van der Waals surface area (Å²) in [4.78, 5) is 37.0. The first-order valence-electron chi connectivity index (χ1n) is 13.4. The van der Waals surface area contributed by atoms with E-state index in [1.165, 1.54) is 27.6 Å². The van der Waals surface area contributed by atoms with Gasteiger partial charge < -0.3 is 39.2 Å². The lowest BCUT2D eigenvalue weighted by atomic mass is 10.1. The van der Waals surface area contributed by atoms with Crippen LogP contribution in [0.1, 0.15) is 46.3 Å². The number of methoxy groups -OCH3 is 2. The number of carboxylic acid groups (broad SMARTS) is 2. The third kappa shape index (κ3) is 8.06. The summed E-state index contributed by atoms with van der Waals surface area (Å²) < 4.78 is 24.7. The number of hydrogen-bond donors (Lipinski definition) is 3. The van der Waals surface area contributed by atoms with Gasteiger partial charge in [-0.3, -0.25) is 14.4 Å². The van der Waals surface area contributed by atoms with Crippen LogP contribution in [0, 0.1) is 0 Å². The van der Waals surface area contributed by atoms with Gasteiger partial charge in [-0.1, -0.05) is 0 Å². The highest BCUT2D eigenvalue weighted by Crippen LogP contribution is 2.40. The van der Waals surface area contributed by atoms with Crippen LogP contribution < -0.4 is 18.9 Å². The van der Waals surface area contributed by atoms with E-state index in [9.17, 15) is 19.5 Å². The van der Waals surface area contributed by atoms with Crippen LogP contribution in [-0.4, -0.2) is 79.1 Å². The number of thiophene rings is 2. The van der Waals surface area contributed by atoms with Crippen LogP contribution in [0.3, 0.4) is 0 Å². The average Bonchev–Trinajstić information content (AvgIpc) is 3.60. The first-order valence-corrected chi connectivity index (χ1v) is 15.1. The fourth-order valence-corrected chi connectivity index (χ4v) is 6.47. The molecule has 2 heterocycles. The van der Waals surface area contributed by atoms with Crippen LogP contribution in [0.4, 0.5) is 0 Å². The van der Waals surface area contributed by atoms with Gasteiger partial charge in [0.15, 0.2) is 23.0 Å². The fourth-order valence-electron chi connectivity index (χ4n) is 4.31. The first kappa shape index (κ1) is 31.9. The number of carbonyl (C=O) groups excluding carboxylic acids is 1. The zero-order chi connectivity index (χ0) is 31.1. The second kappa shape index (κ2) is 14.4. The molecule has 43 heavy (non-hydrogen) atoms. The van der Waals surface area contributed by atoms with Crippen LogP contribution in [-0.2, 0) is 9.59 Å². The highest BCUT2D eigenvalue weighted by atomic mass is 32.1. The Bertz CT molecular complexity index is 1610. The van der Waals surface area contributed by atoms with E-state index >= 15 is 0 Å². The van der Waals surface area contributed by atoms with Gasteiger partial charge >= 0.3 is 11.9 Å². The Labute approximate surface area is 255 Å². The van der Waals surface area contributed by atoms with Crippen LogP contribution in [0.5, 0.6) is 23.0 Å². The SMILES string of the molecule is COc1cc2cc(C(=O)N(C)CCC(=O)O)sc2cc1OCCCOc1cc2sc(C(O)CCC(=O)O)cc2cc1OC. The number of carbonyl (C=O) groups is 3. The standard InChI is InChI=1S/C30H33NO10S2/c1-31(8-7-29(35)36)30(37)27-14-18-12-21(39-3)23(16-25(18)43-27)41-10-4-9-40-22-15-24-17(11-20(22)38-2)13-26(42-24)19(32)5-6-28(33)34/h11-16,19,32H,4-10H2,1-3H3,(H,33,34)(H,35,36). The van der Waals surface area contributed by atoms with Gasteiger partial charge in [0.2, 0.25) is 0 Å². The number of fused-ring (bicyclic) bond motifs is 2. The van der Waals surface area contributed by atoms with Crippen molar-refractivity contribution in [1.29, 1.82) is 0 Å². The molecule has 0 aliphatic heterocycles. The number of rotatable bonds is 16. The number of amides is 1. The van der Waals surface area contributed by atoms with Crippen LogP contribution in [0.15, 0.2) is 36.4 Å². The molecule has 4 aromatic rings. The lowest BCUT2D eigenvalue weighted by Crippen LogP contribution is -2.28. The van der Waals surface area contributed by atoms with Gasteiger partial charge in [0.05, 0.1) is 44.8 Å². The quantitative estimate of drug-likeness (QED) is 0.137. The van der Waals surface area contributed by atoms with Crippen molar-refractivity contribution < 1.29 is 48.7 Å². The van der Waals surface area contributed by atoms with Crippen molar-refractivity contribution in [3.05, 3.63) is 46.2 Å². The molecule has 0 saturated carbocycles. The van der Waals surface area contributed by atoms with E-state index in [2.05, 4.69) is 0 Å².